The van der Waals surface area contributed by atoms with Crippen LogP contribution >= 0.6 is 11.3 Å². The zero-order chi connectivity index (χ0) is 23.1. The summed E-state index contributed by atoms with van der Waals surface area (Å²) in [4.78, 5) is 24.7. The Morgan fingerprint density at radius 3 is 2.23 bits per heavy atom. The molecule has 3 rings (SSSR count). The second kappa shape index (κ2) is 7.65. The molecule has 0 aliphatic carbocycles. The van der Waals surface area contributed by atoms with E-state index >= 15 is 0 Å². The summed E-state index contributed by atoms with van der Waals surface area (Å²) >= 11 is 0.810. The lowest BCUT2D eigenvalue weighted by Crippen LogP contribution is -2.03. The maximum absolute atomic E-state index is 12.9. The number of nitriles is 1. The highest BCUT2D eigenvalue weighted by atomic mass is 32.1. The molecule has 158 valence electrons. The maximum atomic E-state index is 12.9. The van der Waals surface area contributed by atoms with E-state index in [1.807, 2.05) is 0 Å². The second-order valence-electron chi connectivity index (χ2n) is 6.19. The van der Waals surface area contributed by atoms with Crippen molar-refractivity contribution >= 4 is 44.3 Å². The van der Waals surface area contributed by atoms with Gasteiger partial charge in [0.2, 0.25) is 0 Å². The van der Waals surface area contributed by atoms with Crippen molar-refractivity contribution in [3.63, 3.8) is 0 Å². The van der Waals surface area contributed by atoms with Crippen molar-refractivity contribution in [1.29, 1.82) is 5.26 Å². The van der Waals surface area contributed by atoms with Crippen LogP contribution in [0.15, 0.2) is 30.3 Å². The number of nitro benzene ring substituents is 2. The van der Waals surface area contributed by atoms with Gasteiger partial charge in [-0.3, -0.25) is 20.2 Å². The highest BCUT2D eigenvalue weighted by Crippen LogP contribution is 2.37. The summed E-state index contributed by atoms with van der Waals surface area (Å²) in [5.74, 6) is -0.830. The summed E-state index contributed by atoms with van der Waals surface area (Å²) in [5.41, 5.74) is -3.44. The number of aromatic nitrogens is 1. The number of thiazole rings is 1. The maximum Gasteiger partial charge on any atom is 0.416 e. The predicted molar refractivity (Wildman–Crippen MR) is 104 cm³/mol. The standard InChI is InChI=1S/C18H9F3N4O5S/c1-8-13(24(27)28)4-9(5-14(8)25(29)30)16(26)11(7-22)17-23-12-6-10(18(19,20)21)2-3-15(12)31-17/h2-6,26H,1H3. The van der Waals surface area contributed by atoms with Crippen LogP contribution in [0.4, 0.5) is 24.5 Å². The molecule has 0 unspecified atom stereocenters. The van der Waals surface area contributed by atoms with E-state index in [1.165, 1.54) is 0 Å². The van der Waals surface area contributed by atoms with E-state index in [2.05, 4.69) is 4.98 Å². The number of fused-ring (bicyclic) bond motifs is 1. The van der Waals surface area contributed by atoms with Crippen LogP contribution in [0.1, 0.15) is 21.7 Å². The Labute approximate surface area is 174 Å². The number of hydrogen-bond acceptors (Lipinski definition) is 8. The van der Waals surface area contributed by atoms with Crippen LogP contribution in [0.25, 0.3) is 21.5 Å². The molecule has 0 spiro atoms. The van der Waals surface area contributed by atoms with E-state index in [0.717, 1.165) is 48.6 Å². The number of rotatable bonds is 4. The number of alkyl halides is 3. The molecule has 0 fully saturated rings. The molecule has 2 aromatic carbocycles. The van der Waals surface area contributed by atoms with E-state index in [-0.39, 0.29) is 21.7 Å². The van der Waals surface area contributed by atoms with Crippen LogP contribution in [-0.2, 0) is 6.18 Å². The Bertz CT molecular complexity index is 1290. The Kier molecular flexibility index (Phi) is 5.34. The van der Waals surface area contributed by atoms with Gasteiger partial charge in [0.15, 0.2) is 0 Å². The van der Waals surface area contributed by atoms with Crippen LogP contribution in [0.2, 0.25) is 0 Å². The van der Waals surface area contributed by atoms with Gasteiger partial charge in [-0.05, 0) is 25.1 Å². The molecule has 9 nitrogen and oxygen atoms in total. The molecule has 0 bridgehead atoms. The van der Waals surface area contributed by atoms with E-state index in [0.29, 0.717) is 4.70 Å². The molecule has 1 N–H and O–H groups in total. The number of aliphatic hydroxyl groups is 1. The largest absolute Gasteiger partial charge is 0.506 e. The normalized spacial score (nSPS) is 12.4. The molecule has 1 aromatic heterocycles. The Morgan fingerprint density at radius 2 is 1.74 bits per heavy atom. The molecule has 13 heteroatoms. The summed E-state index contributed by atoms with van der Waals surface area (Å²) in [5, 5.41) is 42.3. The summed E-state index contributed by atoms with van der Waals surface area (Å²) in [6.07, 6.45) is -4.60. The fourth-order valence-corrected chi connectivity index (χ4v) is 3.70. The van der Waals surface area contributed by atoms with E-state index in [4.69, 9.17) is 0 Å². The molecule has 31 heavy (non-hydrogen) atoms. The Morgan fingerprint density at radius 1 is 1.16 bits per heavy atom. The van der Waals surface area contributed by atoms with Gasteiger partial charge in [0.1, 0.15) is 28.0 Å². The number of allylic oxidation sites excluding steroid dienone is 1. The third-order valence-electron chi connectivity index (χ3n) is 4.30. The van der Waals surface area contributed by atoms with Crippen LogP contribution in [0, 0.1) is 38.5 Å². The fourth-order valence-electron chi connectivity index (χ4n) is 2.76. The van der Waals surface area contributed by atoms with Gasteiger partial charge in [-0.2, -0.15) is 18.4 Å². The van der Waals surface area contributed by atoms with Crippen LogP contribution in [0.5, 0.6) is 0 Å². The van der Waals surface area contributed by atoms with Crippen molar-refractivity contribution in [1.82, 2.24) is 4.98 Å². The van der Waals surface area contributed by atoms with Crippen LogP contribution < -0.4 is 0 Å². The first-order valence-corrected chi connectivity index (χ1v) is 9.01. The van der Waals surface area contributed by atoms with Gasteiger partial charge in [-0.25, -0.2) is 4.98 Å². The third-order valence-corrected chi connectivity index (χ3v) is 5.35. The lowest BCUT2D eigenvalue weighted by Gasteiger charge is -2.05. The minimum Gasteiger partial charge on any atom is -0.506 e. The van der Waals surface area contributed by atoms with Crippen molar-refractivity contribution < 1.29 is 28.1 Å². The number of hydrogen-bond donors (Lipinski definition) is 1. The van der Waals surface area contributed by atoms with Crippen molar-refractivity contribution in [2.45, 2.75) is 13.1 Å². The van der Waals surface area contributed by atoms with Gasteiger partial charge in [0.25, 0.3) is 11.4 Å². The molecule has 3 aromatic rings. The number of aliphatic hydroxyl groups excluding tert-OH is 1. The number of benzene rings is 2. The summed E-state index contributed by atoms with van der Waals surface area (Å²) in [6.45, 7) is 1.16. The van der Waals surface area contributed by atoms with E-state index in [9.17, 15) is 43.8 Å². The minimum absolute atomic E-state index is 0.0729. The predicted octanol–water partition coefficient (Wildman–Crippen LogP) is 5.39. The number of nitrogens with zero attached hydrogens (tertiary/aromatic N) is 4. The average Bonchev–Trinajstić information content (AvgIpc) is 3.10. The molecule has 0 aliphatic heterocycles. The lowest BCUT2D eigenvalue weighted by atomic mass is 10.0. The SMILES string of the molecule is Cc1c([N+](=O)[O-])cc(C(O)=C(C#N)c2nc3cc(C(F)(F)F)ccc3s2)cc1[N+](=O)[O-]. The minimum atomic E-state index is -4.60. The monoisotopic (exact) mass is 450 g/mol. The van der Waals surface area contributed by atoms with Gasteiger partial charge < -0.3 is 5.11 Å². The molecule has 0 radical (unpaired) electrons. The first-order chi connectivity index (χ1) is 14.4. The van der Waals surface area contributed by atoms with Crippen molar-refractivity contribution in [3.05, 3.63) is 72.3 Å². The first kappa shape index (κ1) is 21.7. The molecular weight excluding hydrogens is 441 g/mol. The van der Waals surface area contributed by atoms with Crippen LogP contribution in [-0.4, -0.2) is 19.9 Å². The van der Waals surface area contributed by atoms with Gasteiger partial charge in [0, 0.05) is 17.7 Å². The smallest absolute Gasteiger partial charge is 0.416 e. The lowest BCUT2D eigenvalue weighted by molar-refractivity contribution is -0.395. The zero-order valence-corrected chi connectivity index (χ0v) is 16.1. The number of halogens is 3. The van der Waals surface area contributed by atoms with Crippen molar-refractivity contribution in [3.8, 4) is 6.07 Å². The van der Waals surface area contributed by atoms with E-state index < -0.39 is 44.3 Å². The van der Waals surface area contributed by atoms with Crippen molar-refractivity contribution in [2.75, 3.05) is 0 Å². The van der Waals surface area contributed by atoms with E-state index in [1.54, 1.807) is 6.07 Å². The molecule has 0 saturated carbocycles. The van der Waals surface area contributed by atoms with Gasteiger partial charge in [-0.1, -0.05) is 0 Å². The summed E-state index contributed by atoms with van der Waals surface area (Å²) in [7, 11) is 0. The van der Waals surface area contributed by atoms with Crippen LogP contribution in [0.3, 0.4) is 0 Å². The van der Waals surface area contributed by atoms with Gasteiger partial charge >= 0.3 is 6.18 Å². The van der Waals surface area contributed by atoms with Gasteiger partial charge in [0.05, 0.1) is 25.6 Å². The highest BCUT2D eigenvalue weighted by Gasteiger charge is 2.31. The van der Waals surface area contributed by atoms with Gasteiger partial charge in [-0.15, -0.1) is 11.3 Å². The number of nitro groups is 2. The summed E-state index contributed by atoms with van der Waals surface area (Å²) < 4.78 is 39.0. The topological polar surface area (TPSA) is 143 Å². The van der Waals surface area contributed by atoms with Crippen molar-refractivity contribution in [2.24, 2.45) is 0 Å². The molecule has 1 heterocycles. The molecule has 0 amide bonds. The first-order valence-electron chi connectivity index (χ1n) is 8.19. The fraction of sp³-hybridized carbons (Fsp3) is 0.111. The molecule has 0 aliphatic rings. The molecule has 0 saturated heterocycles. The Balaban J connectivity index is 2.21. The average molecular weight is 450 g/mol. The molecular formula is C18H9F3N4O5S. The quantitative estimate of drug-likeness (QED) is 0.243. The Hall–Kier alpha value is -4.05. The molecule has 0 atom stereocenters. The zero-order valence-electron chi connectivity index (χ0n) is 15.3. The summed E-state index contributed by atoms with van der Waals surface area (Å²) in [6, 6.07) is 6.16. The highest BCUT2D eigenvalue weighted by molar-refractivity contribution is 7.19. The third kappa shape index (κ3) is 4.01. The second-order valence-corrected chi connectivity index (χ2v) is 7.22.